The summed E-state index contributed by atoms with van der Waals surface area (Å²) in [4.78, 5) is 30.2. The molecule has 0 aliphatic carbocycles. The van der Waals surface area contributed by atoms with Crippen molar-refractivity contribution in [1.82, 2.24) is 14.9 Å². The fourth-order valence-corrected chi connectivity index (χ4v) is 4.25. The third-order valence-electron chi connectivity index (χ3n) is 5.84. The third-order valence-corrected chi connectivity index (χ3v) is 5.84. The average Bonchev–Trinajstić information content (AvgIpc) is 3.30. The van der Waals surface area contributed by atoms with Crippen molar-refractivity contribution in [1.29, 1.82) is 0 Å². The Kier molecular flexibility index (Phi) is 5.31. The minimum atomic E-state index is -0.251. The maximum atomic E-state index is 12.6. The van der Waals surface area contributed by atoms with E-state index in [1.165, 1.54) is 0 Å². The maximum absolute atomic E-state index is 12.6. The van der Waals surface area contributed by atoms with E-state index in [9.17, 15) is 4.79 Å². The van der Waals surface area contributed by atoms with E-state index in [1.807, 2.05) is 43.0 Å². The van der Waals surface area contributed by atoms with E-state index in [0.29, 0.717) is 19.7 Å². The van der Waals surface area contributed by atoms with Gasteiger partial charge in [-0.25, -0.2) is 15.0 Å². The number of anilines is 1. The summed E-state index contributed by atoms with van der Waals surface area (Å²) in [5, 5.41) is 0. The molecule has 8 heteroatoms. The molecular formula is C23H27N5O3. The molecule has 1 aromatic heterocycles. The first-order chi connectivity index (χ1) is 15.1. The van der Waals surface area contributed by atoms with Gasteiger partial charge in [-0.15, -0.1) is 0 Å². The van der Waals surface area contributed by atoms with Gasteiger partial charge in [-0.3, -0.25) is 4.79 Å². The van der Waals surface area contributed by atoms with Crippen LogP contribution in [0.15, 0.2) is 35.6 Å². The Bertz CT molecular complexity index is 1010. The van der Waals surface area contributed by atoms with E-state index in [4.69, 9.17) is 9.47 Å². The highest BCUT2D eigenvalue weighted by Crippen LogP contribution is 2.35. The predicted molar refractivity (Wildman–Crippen MR) is 117 cm³/mol. The first-order valence-electron chi connectivity index (χ1n) is 11.0. The molecule has 1 unspecified atom stereocenters. The van der Waals surface area contributed by atoms with Gasteiger partial charge in [0.2, 0.25) is 0 Å². The highest BCUT2D eigenvalue weighted by atomic mass is 16.5. The summed E-state index contributed by atoms with van der Waals surface area (Å²) in [5.74, 6) is 1.82. The van der Waals surface area contributed by atoms with Crippen molar-refractivity contribution in [2.75, 3.05) is 37.7 Å². The van der Waals surface area contributed by atoms with E-state index in [0.717, 1.165) is 60.2 Å². The molecule has 1 amide bonds. The molecule has 31 heavy (non-hydrogen) atoms. The van der Waals surface area contributed by atoms with Crippen LogP contribution in [0.1, 0.15) is 37.9 Å². The van der Waals surface area contributed by atoms with Crippen molar-refractivity contribution < 1.29 is 14.3 Å². The van der Waals surface area contributed by atoms with Crippen LogP contribution in [0.3, 0.4) is 0 Å². The molecule has 0 radical (unpaired) electrons. The minimum Gasteiger partial charge on any atom is -0.491 e. The molecule has 1 aromatic carbocycles. The number of amides is 1. The van der Waals surface area contributed by atoms with Gasteiger partial charge in [0.1, 0.15) is 24.0 Å². The molecule has 2 aromatic rings. The summed E-state index contributed by atoms with van der Waals surface area (Å²) in [7, 11) is 0. The van der Waals surface area contributed by atoms with Gasteiger partial charge in [-0.1, -0.05) is 0 Å². The molecule has 0 bridgehead atoms. The third kappa shape index (κ3) is 3.99. The first kappa shape index (κ1) is 19.9. The maximum Gasteiger partial charge on any atom is 0.251 e. The second kappa shape index (κ2) is 8.26. The standard InChI is InChI=1S/C23H27N5O3/c1-15(2)31-16-5-6-18-17(12-16)22(26-18)19-13-21(25-14-24-19)27-7-9-28(10-8-27)23(29)20-4-3-11-30-20/h5-6,12-15,20H,3-4,7-11H2,1-2H3. The lowest BCUT2D eigenvalue weighted by Crippen LogP contribution is -2.51. The molecule has 0 spiro atoms. The fourth-order valence-electron chi connectivity index (χ4n) is 4.25. The number of aromatic nitrogens is 2. The van der Waals surface area contributed by atoms with Gasteiger partial charge in [-0.2, -0.15) is 0 Å². The zero-order chi connectivity index (χ0) is 21.4. The van der Waals surface area contributed by atoms with Crippen LogP contribution in [0.2, 0.25) is 0 Å². The molecule has 2 fully saturated rings. The van der Waals surface area contributed by atoms with Crippen LogP contribution in [0.25, 0.3) is 0 Å². The number of nitrogens with zero attached hydrogens (tertiary/aromatic N) is 5. The monoisotopic (exact) mass is 421 g/mol. The van der Waals surface area contributed by atoms with Gasteiger partial charge in [0.15, 0.2) is 0 Å². The summed E-state index contributed by atoms with van der Waals surface area (Å²) < 4.78 is 11.4. The van der Waals surface area contributed by atoms with Crippen molar-refractivity contribution in [2.24, 2.45) is 4.99 Å². The summed E-state index contributed by atoms with van der Waals surface area (Å²) in [6.45, 7) is 7.56. The van der Waals surface area contributed by atoms with Crippen LogP contribution in [0.5, 0.6) is 5.75 Å². The Morgan fingerprint density at radius 1 is 1.16 bits per heavy atom. The van der Waals surface area contributed by atoms with Crippen LogP contribution in [-0.2, 0) is 9.53 Å². The lowest BCUT2D eigenvalue weighted by Gasteiger charge is -2.36. The Morgan fingerprint density at radius 2 is 2.00 bits per heavy atom. The Labute approximate surface area is 181 Å². The number of fused-ring (bicyclic) bond motifs is 1. The van der Waals surface area contributed by atoms with Crippen molar-refractivity contribution in [3.8, 4) is 5.75 Å². The largest absolute Gasteiger partial charge is 0.491 e. The van der Waals surface area contributed by atoms with E-state index in [-0.39, 0.29) is 18.1 Å². The van der Waals surface area contributed by atoms with Gasteiger partial charge >= 0.3 is 0 Å². The second-order valence-electron chi connectivity index (χ2n) is 8.38. The van der Waals surface area contributed by atoms with E-state index in [1.54, 1.807) is 6.33 Å². The molecule has 3 aliphatic heterocycles. The molecule has 4 heterocycles. The smallest absolute Gasteiger partial charge is 0.251 e. The number of ether oxygens (including phenoxy) is 2. The summed E-state index contributed by atoms with van der Waals surface area (Å²) in [6, 6.07) is 7.93. The minimum absolute atomic E-state index is 0.120. The lowest BCUT2D eigenvalue weighted by molar-refractivity contribution is -0.141. The van der Waals surface area contributed by atoms with Gasteiger partial charge < -0.3 is 19.3 Å². The molecule has 8 nitrogen and oxygen atoms in total. The zero-order valence-electron chi connectivity index (χ0n) is 18.0. The fraction of sp³-hybridized carbons (Fsp3) is 0.478. The Morgan fingerprint density at radius 3 is 2.74 bits per heavy atom. The molecule has 5 rings (SSSR count). The predicted octanol–water partition coefficient (Wildman–Crippen LogP) is 2.57. The number of rotatable bonds is 5. The van der Waals surface area contributed by atoms with Crippen LogP contribution in [0, 0.1) is 0 Å². The van der Waals surface area contributed by atoms with Gasteiger partial charge in [0, 0.05) is 44.4 Å². The van der Waals surface area contributed by atoms with Gasteiger partial charge in [0.25, 0.3) is 5.91 Å². The number of hydrogen-bond acceptors (Lipinski definition) is 7. The Balaban J connectivity index is 1.26. The number of piperazine rings is 1. The van der Waals surface area contributed by atoms with Crippen LogP contribution in [-0.4, -0.2) is 71.5 Å². The topological polar surface area (TPSA) is 80.2 Å². The van der Waals surface area contributed by atoms with Crippen molar-refractivity contribution in [3.05, 3.63) is 41.9 Å². The van der Waals surface area contributed by atoms with Crippen molar-refractivity contribution >= 4 is 23.1 Å². The molecule has 1 atom stereocenters. The summed E-state index contributed by atoms with van der Waals surface area (Å²) in [5.41, 5.74) is 3.67. The number of carbonyl (C=O) groups excluding carboxylic acids is 1. The number of carbonyl (C=O) groups is 1. The lowest BCUT2D eigenvalue weighted by atomic mass is 9.99. The molecule has 2 saturated heterocycles. The highest BCUT2D eigenvalue weighted by Gasteiger charge is 2.31. The van der Waals surface area contributed by atoms with Gasteiger partial charge in [0.05, 0.1) is 23.2 Å². The highest BCUT2D eigenvalue weighted by molar-refractivity contribution is 6.21. The van der Waals surface area contributed by atoms with E-state index < -0.39 is 0 Å². The number of hydrogen-bond donors (Lipinski definition) is 0. The van der Waals surface area contributed by atoms with Gasteiger partial charge in [-0.05, 0) is 44.9 Å². The zero-order valence-corrected chi connectivity index (χ0v) is 18.0. The summed E-state index contributed by atoms with van der Waals surface area (Å²) in [6.07, 6.45) is 3.26. The molecule has 0 N–H and O–H groups in total. The molecular weight excluding hydrogens is 394 g/mol. The summed E-state index contributed by atoms with van der Waals surface area (Å²) >= 11 is 0. The number of benzene rings is 1. The normalized spacial score (nSPS) is 20.4. The average molecular weight is 422 g/mol. The molecule has 3 aliphatic rings. The van der Waals surface area contributed by atoms with E-state index in [2.05, 4.69) is 19.9 Å². The first-order valence-corrected chi connectivity index (χ1v) is 11.0. The van der Waals surface area contributed by atoms with Crippen LogP contribution < -0.4 is 9.64 Å². The van der Waals surface area contributed by atoms with E-state index >= 15 is 0 Å². The molecule has 162 valence electrons. The number of aliphatic imine (C=N–C) groups is 1. The quantitative estimate of drug-likeness (QED) is 0.630. The van der Waals surface area contributed by atoms with Crippen molar-refractivity contribution in [2.45, 2.75) is 38.9 Å². The van der Waals surface area contributed by atoms with Crippen LogP contribution in [0.4, 0.5) is 11.5 Å². The SMILES string of the molecule is CC(C)Oc1ccc2c(c1)C(c1cc(N3CCN(C(=O)C4CCCO4)CC3)ncn1)=N2. The molecule has 0 saturated carbocycles. The second-order valence-corrected chi connectivity index (χ2v) is 8.38. The Hall–Kier alpha value is -3.00. The van der Waals surface area contributed by atoms with Crippen molar-refractivity contribution in [3.63, 3.8) is 0 Å². The van der Waals surface area contributed by atoms with Crippen LogP contribution >= 0.6 is 0 Å².